The van der Waals surface area contributed by atoms with Crippen LogP contribution in [0.4, 0.5) is 4.79 Å². The van der Waals surface area contributed by atoms with Crippen molar-refractivity contribution in [3.63, 3.8) is 0 Å². The van der Waals surface area contributed by atoms with Crippen molar-refractivity contribution in [2.45, 2.75) is 32.6 Å². The number of rotatable bonds is 3. The molecule has 1 N–H and O–H groups in total. The molecule has 2 rings (SSSR count). The van der Waals surface area contributed by atoms with Crippen LogP contribution >= 0.6 is 11.3 Å². The largest absolute Gasteiger partial charge is 0.337 e. The molecule has 0 aliphatic carbocycles. The number of nitrogens with one attached hydrogen (secondary N) is 1. The molecule has 2 amide bonds. The Balaban J connectivity index is 1.77. The van der Waals surface area contributed by atoms with Gasteiger partial charge in [0.05, 0.1) is 5.01 Å². The van der Waals surface area contributed by atoms with Crippen LogP contribution in [0.25, 0.3) is 0 Å². The second-order valence-corrected chi connectivity index (χ2v) is 6.08. The predicted molar refractivity (Wildman–Crippen MR) is 73.9 cm³/mol. The van der Waals surface area contributed by atoms with Crippen LogP contribution in [-0.2, 0) is 0 Å². The molecule has 1 aromatic heterocycles. The lowest BCUT2D eigenvalue weighted by molar-refractivity contribution is 0.169. The summed E-state index contributed by atoms with van der Waals surface area (Å²) in [4.78, 5) is 18.2. The number of thiazole rings is 1. The lowest BCUT2D eigenvalue weighted by Crippen LogP contribution is -2.45. The Hall–Kier alpha value is -1.10. The van der Waals surface area contributed by atoms with Crippen molar-refractivity contribution >= 4 is 17.4 Å². The van der Waals surface area contributed by atoms with Gasteiger partial charge in [-0.1, -0.05) is 13.8 Å². The van der Waals surface area contributed by atoms with Crippen LogP contribution in [0, 0.1) is 5.92 Å². The van der Waals surface area contributed by atoms with E-state index in [0.717, 1.165) is 24.5 Å². The molecule has 1 fully saturated rings. The van der Waals surface area contributed by atoms with Gasteiger partial charge in [0.15, 0.2) is 0 Å². The fourth-order valence-electron chi connectivity index (χ4n) is 2.29. The van der Waals surface area contributed by atoms with Gasteiger partial charge in [0.1, 0.15) is 0 Å². The van der Waals surface area contributed by atoms with Crippen molar-refractivity contribution in [3.05, 3.63) is 16.6 Å². The average molecular weight is 267 g/mol. The Kier molecular flexibility index (Phi) is 4.58. The van der Waals surface area contributed by atoms with Gasteiger partial charge in [-0.3, -0.25) is 0 Å². The van der Waals surface area contributed by atoms with Crippen molar-refractivity contribution in [1.82, 2.24) is 15.2 Å². The highest BCUT2D eigenvalue weighted by Crippen LogP contribution is 2.17. The molecule has 5 heteroatoms. The zero-order valence-corrected chi connectivity index (χ0v) is 11.9. The highest BCUT2D eigenvalue weighted by Gasteiger charge is 2.21. The SMILES string of the molecule is CC1CCCN(C(=O)NCC(C)c2nccs2)C1. The van der Waals surface area contributed by atoms with Gasteiger partial charge in [0, 0.05) is 37.1 Å². The third-order valence-electron chi connectivity index (χ3n) is 3.38. The highest BCUT2D eigenvalue weighted by molar-refractivity contribution is 7.09. The molecule has 1 aliphatic rings. The van der Waals surface area contributed by atoms with Crippen LogP contribution < -0.4 is 5.32 Å². The molecule has 4 nitrogen and oxygen atoms in total. The van der Waals surface area contributed by atoms with E-state index in [0.29, 0.717) is 12.5 Å². The van der Waals surface area contributed by atoms with Crippen molar-refractivity contribution in [2.75, 3.05) is 19.6 Å². The molecular weight excluding hydrogens is 246 g/mol. The predicted octanol–water partition coefficient (Wildman–Crippen LogP) is 2.69. The molecule has 1 aliphatic heterocycles. The maximum atomic E-state index is 12.0. The van der Waals surface area contributed by atoms with Crippen LogP contribution in [0.1, 0.15) is 37.6 Å². The van der Waals surface area contributed by atoms with Crippen molar-refractivity contribution in [3.8, 4) is 0 Å². The van der Waals surface area contributed by atoms with Gasteiger partial charge in [-0.15, -0.1) is 11.3 Å². The minimum atomic E-state index is 0.0740. The minimum absolute atomic E-state index is 0.0740. The number of urea groups is 1. The number of likely N-dealkylation sites (tertiary alicyclic amines) is 1. The van der Waals surface area contributed by atoms with Gasteiger partial charge in [-0.05, 0) is 18.8 Å². The first kappa shape index (κ1) is 13.3. The molecule has 100 valence electrons. The van der Waals surface area contributed by atoms with Crippen molar-refractivity contribution < 1.29 is 4.79 Å². The van der Waals surface area contributed by atoms with E-state index in [9.17, 15) is 4.79 Å². The zero-order chi connectivity index (χ0) is 13.0. The minimum Gasteiger partial charge on any atom is -0.337 e. The molecule has 2 heterocycles. The first-order valence-electron chi connectivity index (χ1n) is 6.59. The molecule has 0 bridgehead atoms. The molecule has 2 atom stereocenters. The monoisotopic (exact) mass is 267 g/mol. The summed E-state index contributed by atoms with van der Waals surface area (Å²) in [6.45, 7) is 6.74. The van der Waals surface area contributed by atoms with Crippen molar-refractivity contribution in [2.24, 2.45) is 5.92 Å². The molecule has 2 unspecified atom stereocenters. The Labute approximate surface area is 112 Å². The first-order valence-corrected chi connectivity index (χ1v) is 7.47. The summed E-state index contributed by atoms with van der Waals surface area (Å²) in [6, 6.07) is 0.0740. The number of aromatic nitrogens is 1. The van der Waals surface area contributed by atoms with E-state index in [1.807, 2.05) is 16.5 Å². The van der Waals surface area contributed by atoms with Crippen LogP contribution in [0.15, 0.2) is 11.6 Å². The summed E-state index contributed by atoms with van der Waals surface area (Å²) >= 11 is 1.64. The Morgan fingerprint density at radius 1 is 1.72 bits per heavy atom. The number of hydrogen-bond acceptors (Lipinski definition) is 3. The normalized spacial score (nSPS) is 21.7. The van der Waals surface area contributed by atoms with E-state index in [-0.39, 0.29) is 11.9 Å². The van der Waals surface area contributed by atoms with E-state index in [4.69, 9.17) is 0 Å². The fourth-order valence-corrected chi connectivity index (χ4v) is 2.99. The lowest BCUT2D eigenvalue weighted by Gasteiger charge is -2.31. The molecule has 18 heavy (non-hydrogen) atoms. The summed E-state index contributed by atoms with van der Waals surface area (Å²) in [5.74, 6) is 0.914. The molecule has 0 spiro atoms. The summed E-state index contributed by atoms with van der Waals surface area (Å²) in [6.07, 6.45) is 4.17. The topological polar surface area (TPSA) is 45.2 Å². The third-order valence-corrected chi connectivity index (χ3v) is 4.38. The summed E-state index contributed by atoms with van der Waals surface area (Å²) in [7, 11) is 0. The number of carbonyl (C=O) groups is 1. The van der Waals surface area contributed by atoms with Gasteiger partial charge in [0.25, 0.3) is 0 Å². The zero-order valence-electron chi connectivity index (χ0n) is 11.1. The van der Waals surface area contributed by atoms with Crippen LogP contribution in [0.3, 0.4) is 0 Å². The van der Waals surface area contributed by atoms with Gasteiger partial charge >= 0.3 is 6.03 Å². The summed E-state index contributed by atoms with van der Waals surface area (Å²) < 4.78 is 0. The highest BCUT2D eigenvalue weighted by atomic mass is 32.1. The van der Waals surface area contributed by atoms with Crippen molar-refractivity contribution in [1.29, 1.82) is 0 Å². The third kappa shape index (κ3) is 3.45. The van der Waals surface area contributed by atoms with E-state index < -0.39 is 0 Å². The first-order chi connectivity index (χ1) is 8.66. The molecule has 0 saturated carbocycles. The number of piperidine rings is 1. The van der Waals surface area contributed by atoms with Gasteiger partial charge in [0.2, 0.25) is 0 Å². The standard InChI is InChI=1S/C13H21N3OS/c1-10-4-3-6-16(9-10)13(17)15-8-11(2)12-14-5-7-18-12/h5,7,10-11H,3-4,6,8-9H2,1-2H3,(H,15,17). The average Bonchev–Trinajstić information content (AvgIpc) is 2.89. The maximum absolute atomic E-state index is 12.0. The smallest absolute Gasteiger partial charge is 0.317 e. The second-order valence-electron chi connectivity index (χ2n) is 5.15. The molecular formula is C13H21N3OS. The molecule has 1 aromatic rings. The number of nitrogens with zero attached hydrogens (tertiary/aromatic N) is 2. The Bertz CT molecular complexity index is 380. The van der Waals surface area contributed by atoms with Crippen LogP contribution in [0.2, 0.25) is 0 Å². The van der Waals surface area contributed by atoms with Gasteiger partial charge in [-0.2, -0.15) is 0 Å². The van der Waals surface area contributed by atoms with Gasteiger partial charge in [-0.25, -0.2) is 9.78 Å². The molecule has 0 radical (unpaired) electrons. The Morgan fingerprint density at radius 2 is 2.56 bits per heavy atom. The van der Waals surface area contributed by atoms with Crippen LogP contribution in [0.5, 0.6) is 0 Å². The summed E-state index contributed by atoms with van der Waals surface area (Å²) in [5.41, 5.74) is 0. The Morgan fingerprint density at radius 3 is 3.22 bits per heavy atom. The summed E-state index contributed by atoms with van der Waals surface area (Å²) in [5, 5.41) is 6.07. The molecule has 1 saturated heterocycles. The quantitative estimate of drug-likeness (QED) is 0.915. The van der Waals surface area contributed by atoms with E-state index >= 15 is 0 Å². The fraction of sp³-hybridized carbons (Fsp3) is 0.692. The lowest BCUT2D eigenvalue weighted by atomic mass is 10.0. The number of carbonyl (C=O) groups excluding carboxylic acids is 1. The van der Waals surface area contributed by atoms with Crippen LogP contribution in [-0.4, -0.2) is 35.5 Å². The van der Waals surface area contributed by atoms with Gasteiger partial charge < -0.3 is 10.2 Å². The van der Waals surface area contributed by atoms with E-state index in [1.165, 1.54) is 6.42 Å². The van der Waals surface area contributed by atoms with E-state index in [2.05, 4.69) is 24.1 Å². The number of amides is 2. The maximum Gasteiger partial charge on any atom is 0.317 e. The second kappa shape index (κ2) is 6.18. The molecule has 0 aromatic carbocycles. The number of hydrogen-bond donors (Lipinski definition) is 1. The van der Waals surface area contributed by atoms with E-state index in [1.54, 1.807) is 11.3 Å².